The van der Waals surface area contributed by atoms with Gasteiger partial charge in [0.2, 0.25) is 10.0 Å². The lowest BCUT2D eigenvalue weighted by Crippen LogP contribution is -2.54. The number of halogens is 3. The maximum Gasteiger partial charge on any atom is 0.243 e. The summed E-state index contributed by atoms with van der Waals surface area (Å²) in [7, 11) is -3.57. The number of hydrogen-bond acceptors (Lipinski definition) is 5. The monoisotopic (exact) mass is 535 g/mol. The molecule has 0 saturated carbocycles. The van der Waals surface area contributed by atoms with E-state index in [0.29, 0.717) is 48.2 Å². The molecule has 0 aliphatic carbocycles. The second-order valence-corrected chi connectivity index (χ2v) is 10.9. The van der Waals surface area contributed by atoms with Gasteiger partial charge in [-0.3, -0.25) is 9.80 Å². The van der Waals surface area contributed by atoms with Crippen molar-refractivity contribution < 1.29 is 13.5 Å². The summed E-state index contributed by atoms with van der Waals surface area (Å²) >= 11 is 6.15. The number of aliphatic hydroxyl groups is 1. The van der Waals surface area contributed by atoms with Gasteiger partial charge in [0, 0.05) is 56.9 Å². The predicted octanol–water partition coefficient (Wildman–Crippen LogP) is 3.35. The number of rotatable bonds is 5. The van der Waals surface area contributed by atoms with Crippen molar-refractivity contribution in [3.8, 4) is 0 Å². The van der Waals surface area contributed by atoms with Crippen LogP contribution >= 0.6 is 36.4 Å². The summed E-state index contributed by atoms with van der Waals surface area (Å²) in [6, 6.07) is 13.7. The van der Waals surface area contributed by atoms with Crippen LogP contribution in [0.25, 0.3) is 0 Å². The fourth-order valence-corrected chi connectivity index (χ4v) is 6.56. The van der Waals surface area contributed by atoms with E-state index in [-0.39, 0.29) is 30.9 Å². The summed E-state index contributed by atoms with van der Waals surface area (Å²) in [6.45, 7) is 7.93. The Bertz CT molecular complexity index is 1030. The molecule has 2 heterocycles. The standard InChI is InChI=1S/C23H30ClN3O3S.2ClH/c1-17-13-23(18(2)12-20(17)24)31(29,30)27-10-8-26(9-11-27)21-15-25(16-22(21)28)14-19-6-4-3-5-7-19;;/h3-7,12-13,21-22,28H,8-11,14-16H2,1-2H3;2*1H. The average Bonchev–Trinajstić information content (AvgIpc) is 3.11. The van der Waals surface area contributed by atoms with Crippen LogP contribution in [0.15, 0.2) is 47.4 Å². The average molecular weight is 537 g/mol. The normalized spacial score (nSPS) is 22.5. The SMILES string of the molecule is Cc1cc(S(=O)(=O)N2CCN(C3CN(Cc4ccccc4)CC3O)CC2)c(C)cc1Cl.Cl.Cl. The number of aliphatic hydroxyl groups excluding tert-OH is 1. The van der Waals surface area contributed by atoms with Gasteiger partial charge in [0.1, 0.15) is 0 Å². The van der Waals surface area contributed by atoms with Crippen molar-refractivity contribution in [1.29, 1.82) is 0 Å². The van der Waals surface area contributed by atoms with Gasteiger partial charge in [-0.1, -0.05) is 41.9 Å². The first kappa shape index (κ1) is 28.3. The topological polar surface area (TPSA) is 64.1 Å². The Morgan fingerprint density at radius 2 is 1.61 bits per heavy atom. The molecule has 0 bridgehead atoms. The van der Waals surface area contributed by atoms with Crippen molar-refractivity contribution in [2.24, 2.45) is 0 Å². The van der Waals surface area contributed by atoms with Crippen molar-refractivity contribution in [2.45, 2.75) is 37.4 Å². The minimum absolute atomic E-state index is 0. The van der Waals surface area contributed by atoms with Crippen molar-refractivity contribution in [3.63, 3.8) is 0 Å². The van der Waals surface area contributed by atoms with Gasteiger partial charge >= 0.3 is 0 Å². The molecule has 2 aromatic carbocycles. The summed E-state index contributed by atoms with van der Waals surface area (Å²) in [5.41, 5.74) is 2.66. The Labute approximate surface area is 214 Å². The van der Waals surface area contributed by atoms with Gasteiger partial charge in [0.25, 0.3) is 0 Å². The summed E-state index contributed by atoms with van der Waals surface area (Å²) in [6.07, 6.45) is -0.423. The maximum absolute atomic E-state index is 13.2. The molecule has 0 spiro atoms. The van der Waals surface area contributed by atoms with E-state index in [1.165, 1.54) is 5.56 Å². The molecule has 0 aromatic heterocycles. The minimum Gasteiger partial charge on any atom is -0.390 e. The molecule has 1 N–H and O–H groups in total. The number of benzene rings is 2. The summed E-state index contributed by atoms with van der Waals surface area (Å²) in [4.78, 5) is 4.84. The van der Waals surface area contributed by atoms with Gasteiger partial charge in [0.05, 0.1) is 11.0 Å². The third-order valence-corrected chi connectivity index (χ3v) is 8.85. The lowest BCUT2D eigenvalue weighted by Gasteiger charge is -2.38. The Morgan fingerprint density at radius 1 is 0.970 bits per heavy atom. The molecule has 0 radical (unpaired) electrons. The third kappa shape index (κ3) is 6.21. The molecular weight excluding hydrogens is 505 g/mol. The molecule has 2 fully saturated rings. The van der Waals surface area contributed by atoms with Crippen LogP contribution in [0.5, 0.6) is 0 Å². The number of hydrogen-bond donors (Lipinski definition) is 1. The van der Waals surface area contributed by atoms with E-state index in [2.05, 4.69) is 21.9 Å². The zero-order valence-corrected chi connectivity index (χ0v) is 22.1. The van der Waals surface area contributed by atoms with Crippen molar-refractivity contribution >= 4 is 46.4 Å². The molecule has 2 aliphatic heterocycles. The zero-order chi connectivity index (χ0) is 22.2. The summed E-state index contributed by atoms with van der Waals surface area (Å²) < 4.78 is 28.0. The Morgan fingerprint density at radius 3 is 2.24 bits per heavy atom. The first-order valence-corrected chi connectivity index (χ1v) is 12.5. The van der Waals surface area contributed by atoms with Gasteiger partial charge < -0.3 is 5.11 Å². The Balaban J connectivity index is 0.00000193. The first-order chi connectivity index (χ1) is 14.8. The van der Waals surface area contributed by atoms with Crippen LogP contribution in [0.2, 0.25) is 5.02 Å². The molecule has 2 atom stereocenters. The fourth-order valence-electron chi connectivity index (χ4n) is 4.62. The highest BCUT2D eigenvalue weighted by Crippen LogP contribution is 2.28. The smallest absolute Gasteiger partial charge is 0.243 e. The molecule has 6 nitrogen and oxygen atoms in total. The highest BCUT2D eigenvalue weighted by molar-refractivity contribution is 7.89. The number of β-amino-alcohol motifs (C(OH)–C–C–N with tert-alkyl or cyclic N) is 1. The minimum atomic E-state index is -3.57. The summed E-state index contributed by atoms with van der Waals surface area (Å²) in [5, 5.41) is 11.2. The lowest BCUT2D eigenvalue weighted by atomic mass is 10.1. The Kier molecular flexibility index (Phi) is 10.0. The van der Waals surface area contributed by atoms with E-state index in [9.17, 15) is 13.5 Å². The van der Waals surface area contributed by atoms with Crippen LogP contribution in [0.4, 0.5) is 0 Å². The number of aryl methyl sites for hydroxylation is 2. The highest BCUT2D eigenvalue weighted by Gasteiger charge is 2.38. The number of nitrogens with zero attached hydrogens (tertiary/aromatic N) is 3. The largest absolute Gasteiger partial charge is 0.390 e. The van der Waals surface area contributed by atoms with Gasteiger partial charge in [-0.15, -0.1) is 24.8 Å². The van der Waals surface area contributed by atoms with Crippen molar-refractivity contribution in [3.05, 3.63) is 64.2 Å². The molecule has 10 heteroatoms. The van der Waals surface area contributed by atoms with Gasteiger partial charge in [-0.05, 0) is 42.7 Å². The van der Waals surface area contributed by atoms with E-state index in [1.54, 1.807) is 23.4 Å². The molecule has 2 aromatic rings. The second-order valence-electron chi connectivity index (χ2n) is 8.62. The molecule has 184 valence electrons. The number of piperazine rings is 1. The van der Waals surface area contributed by atoms with Crippen molar-refractivity contribution in [1.82, 2.24) is 14.1 Å². The molecule has 4 rings (SSSR count). The number of likely N-dealkylation sites (tertiary alicyclic amines) is 1. The molecule has 2 saturated heterocycles. The van der Waals surface area contributed by atoms with E-state index in [0.717, 1.165) is 18.7 Å². The third-order valence-electron chi connectivity index (χ3n) is 6.40. The highest BCUT2D eigenvalue weighted by atomic mass is 35.5. The van der Waals surface area contributed by atoms with Crippen LogP contribution in [0.1, 0.15) is 16.7 Å². The first-order valence-electron chi connectivity index (χ1n) is 10.7. The van der Waals surface area contributed by atoms with Gasteiger partial charge in [-0.25, -0.2) is 8.42 Å². The van der Waals surface area contributed by atoms with E-state index < -0.39 is 16.1 Å². The van der Waals surface area contributed by atoms with Gasteiger partial charge in [0.15, 0.2) is 0 Å². The van der Waals surface area contributed by atoms with E-state index in [1.807, 2.05) is 25.1 Å². The quantitative estimate of drug-likeness (QED) is 0.635. The molecule has 2 aliphatic rings. The Hall–Kier alpha value is -0.900. The fraction of sp³-hybridized carbons (Fsp3) is 0.478. The summed E-state index contributed by atoms with van der Waals surface area (Å²) in [5.74, 6) is 0. The van der Waals surface area contributed by atoms with Crippen LogP contribution in [-0.2, 0) is 16.6 Å². The molecule has 33 heavy (non-hydrogen) atoms. The molecule has 0 amide bonds. The van der Waals surface area contributed by atoms with Crippen LogP contribution < -0.4 is 0 Å². The zero-order valence-electron chi connectivity index (χ0n) is 18.9. The predicted molar refractivity (Wildman–Crippen MR) is 137 cm³/mol. The van der Waals surface area contributed by atoms with Crippen LogP contribution in [-0.4, -0.2) is 79.0 Å². The van der Waals surface area contributed by atoms with Crippen molar-refractivity contribution in [2.75, 3.05) is 39.3 Å². The van der Waals surface area contributed by atoms with E-state index in [4.69, 9.17) is 11.6 Å². The lowest BCUT2D eigenvalue weighted by molar-refractivity contribution is 0.0618. The van der Waals surface area contributed by atoms with Gasteiger partial charge in [-0.2, -0.15) is 4.31 Å². The van der Waals surface area contributed by atoms with Crippen LogP contribution in [0, 0.1) is 13.8 Å². The maximum atomic E-state index is 13.2. The second kappa shape index (κ2) is 11.7. The number of sulfonamides is 1. The van der Waals surface area contributed by atoms with Crippen LogP contribution in [0.3, 0.4) is 0 Å². The molecule has 2 unspecified atom stereocenters. The van der Waals surface area contributed by atoms with E-state index >= 15 is 0 Å². The molecular formula is C23H32Cl3N3O3S.